The fourth-order valence-corrected chi connectivity index (χ4v) is 2.40. The maximum absolute atomic E-state index is 12.8. The number of hydrogen-bond acceptors (Lipinski definition) is 3. The molecular formula is C9H11BrF6N4. The second-order valence-corrected chi connectivity index (χ2v) is 4.74. The van der Waals surface area contributed by atoms with Gasteiger partial charge in [0.15, 0.2) is 10.5 Å². The lowest BCUT2D eigenvalue weighted by atomic mass is 9.95. The molecule has 0 aromatic carbocycles. The highest BCUT2D eigenvalue weighted by atomic mass is 79.9. The van der Waals surface area contributed by atoms with Crippen molar-refractivity contribution in [3.8, 4) is 0 Å². The maximum Gasteiger partial charge on any atom is 0.402 e. The van der Waals surface area contributed by atoms with Crippen molar-refractivity contribution >= 4 is 15.9 Å². The molecule has 0 radical (unpaired) electrons. The Labute approximate surface area is 118 Å². The zero-order chi connectivity index (χ0) is 15.7. The highest BCUT2D eigenvalue weighted by molar-refractivity contribution is 9.10. The van der Waals surface area contributed by atoms with Crippen LogP contribution in [0.4, 0.5) is 26.3 Å². The molecule has 1 rings (SSSR count). The molecule has 4 nitrogen and oxygen atoms in total. The molecule has 1 heterocycles. The molecule has 0 fully saturated rings. The molecule has 11 heteroatoms. The van der Waals surface area contributed by atoms with Crippen LogP contribution in [-0.4, -0.2) is 33.9 Å². The summed E-state index contributed by atoms with van der Waals surface area (Å²) in [5.74, 6) is -3.55. The fraction of sp³-hybridized carbons (Fsp3) is 0.778. The zero-order valence-electron chi connectivity index (χ0n) is 10.3. The Morgan fingerprint density at radius 1 is 1.20 bits per heavy atom. The average Bonchev–Trinajstić information content (AvgIpc) is 2.54. The highest BCUT2D eigenvalue weighted by Crippen LogP contribution is 2.47. The Kier molecular flexibility index (Phi) is 5.06. The summed E-state index contributed by atoms with van der Waals surface area (Å²) in [6, 6.07) is -2.03. The lowest BCUT2D eigenvalue weighted by Gasteiger charge is -2.31. The van der Waals surface area contributed by atoms with Crippen molar-refractivity contribution in [3.05, 3.63) is 10.3 Å². The van der Waals surface area contributed by atoms with E-state index in [2.05, 4.69) is 31.6 Å². The van der Waals surface area contributed by atoms with Gasteiger partial charge in [-0.15, -0.1) is 5.10 Å². The van der Waals surface area contributed by atoms with Crippen molar-refractivity contribution in [2.24, 2.45) is 13.0 Å². The summed E-state index contributed by atoms with van der Waals surface area (Å²) in [4.78, 5) is 0. The van der Waals surface area contributed by atoms with Gasteiger partial charge in [0, 0.05) is 7.05 Å². The van der Waals surface area contributed by atoms with Crippen LogP contribution in [0.15, 0.2) is 4.60 Å². The van der Waals surface area contributed by atoms with E-state index in [0.29, 0.717) is 0 Å². The predicted octanol–water partition coefficient (Wildman–Crippen LogP) is 2.97. The van der Waals surface area contributed by atoms with Crippen molar-refractivity contribution in [1.29, 1.82) is 0 Å². The van der Waals surface area contributed by atoms with Crippen LogP contribution >= 0.6 is 15.9 Å². The predicted molar refractivity (Wildman–Crippen MR) is 60.7 cm³/mol. The molecule has 0 amide bonds. The highest BCUT2D eigenvalue weighted by Gasteiger charge is 2.61. The second-order valence-electron chi connectivity index (χ2n) is 3.99. The van der Waals surface area contributed by atoms with E-state index in [-0.39, 0.29) is 16.8 Å². The van der Waals surface area contributed by atoms with E-state index >= 15 is 0 Å². The lowest BCUT2D eigenvalue weighted by Crippen LogP contribution is -2.46. The number of alkyl halides is 6. The third kappa shape index (κ3) is 3.62. The monoisotopic (exact) mass is 368 g/mol. The summed E-state index contributed by atoms with van der Waals surface area (Å²) < 4.78 is 77.6. The van der Waals surface area contributed by atoms with Crippen LogP contribution in [0.2, 0.25) is 0 Å². The number of aryl methyl sites for hydroxylation is 1. The summed E-state index contributed by atoms with van der Waals surface area (Å²) in [7, 11) is 1.22. The molecule has 20 heavy (non-hydrogen) atoms. The molecule has 1 atom stereocenters. The Morgan fingerprint density at radius 2 is 1.70 bits per heavy atom. The fourth-order valence-electron chi connectivity index (χ4n) is 1.82. The summed E-state index contributed by atoms with van der Waals surface area (Å²) in [5, 5.41) is 9.04. The molecule has 0 bridgehead atoms. The SMILES string of the molecule is CCNC(c1c(Br)nnn1C)C(C(F)(F)F)C(F)(F)F. The van der Waals surface area contributed by atoms with Crippen molar-refractivity contribution in [2.75, 3.05) is 6.54 Å². The van der Waals surface area contributed by atoms with E-state index < -0.39 is 24.3 Å². The van der Waals surface area contributed by atoms with Crippen molar-refractivity contribution in [2.45, 2.75) is 25.3 Å². The van der Waals surface area contributed by atoms with Gasteiger partial charge in [0.25, 0.3) is 0 Å². The number of nitrogens with one attached hydrogen (secondary N) is 1. The van der Waals surface area contributed by atoms with Gasteiger partial charge in [-0.25, -0.2) is 4.68 Å². The van der Waals surface area contributed by atoms with Gasteiger partial charge in [0.05, 0.1) is 11.7 Å². The Morgan fingerprint density at radius 3 is 2.00 bits per heavy atom. The van der Waals surface area contributed by atoms with E-state index in [1.807, 2.05) is 0 Å². The van der Waals surface area contributed by atoms with Crippen LogP contribution in [0, 0.1) is 5.92 Å². The summed E-state index contributed by atoms with van der Waals surface area (Å²) >= 11 is 2.82. The van der Waals surface area contributed by atoms with Gasteiger partial charge in [-0.05, 0) is 22.5 Å². The van der Waals surface area contributed by atoms with Crippen LogP contribution in [0.25, 0.3) is 0 Å². The van der Waals surface area contributed by atoms with E-state index in [1.54, 1.807) is 0 Å². The molecule has 1 unspecified atom stereocenters. The molecule has 1 N–H and O–H groups in total. The number of halogens is 7. The molecule has 0 spiro atoms. The molecule has 116 valence electrons. The van der Waals surface area contributed by atoms with E-state index in [0.717, 1.165) is 4.68 Å². The average molecular weight is 369 g/mol. The molecule has 0 saturated heterocycles. The van der Waals surface area contributed by atoms with Gasteiger partial charge < -0.3 is 5.32 Å². The number of aromatic nitrogens is 3. The standard InChI is InChI=1S/C9H11BrF6N4/c1-3-17-4(5-7(10)18-19-20(5)2)6(8(11,12)13)9(14,15)16/h4,6,17H,3H2,1-2H3. The largest absolute Gasteiger partial charge is 0.402 e. The van der Waals surface area contributed by atoms with E-state index in [1.165, 1.54) is 14.0 Å². The quantitative estimate of drug-likeness (QED) is 0.830. The second kappa shape index (κ2) is 5.88. The number of nitrogens with zero attached hydrogens (tertiary/aromatic N) is 3. The minimum atomic E-state index is -5.45. The molecule has 0 saturated carbocycles. The molecule has 1 aromatic rings. The van der Waals surface area contributed by atoms with Crippen molar-refractivity contribution in [3.63, 3.8) is 0 Å². The van der Waals surface area contributed by atoms with Gasteiger partial charge in [-0.1, -0.05) is 12.1 Å². The Hall–Kier alpha value is -0.840. The van der Waals surface area contributed by atoms with Crippen LogP contribution in [0.5, 0.6) is 0 Å². The van der Waals surface area contributed by atoms with Gasteiger partial charge >= 0.3 is 12.4 Å². The number of rotatable bonds is 4. The first-order valence-corrected chi connectivity index (χ1v) is 6.21. The van der Waals surface area contributed by atoms with E-state index in [9.17, 15) is 26.3 Å². The topological polar surface area (TPSA) is 42.7 Å². The lowest BCUT2D eigenvalue weighted by molar-refractivity contribution is -0.293. The number of hydrogen-bond donors (Lipinski definition) is 1. The molecule has 0 aliphatic rings. The van der Waals surface area contributed by atoms with Gasteiger partial charge in [-0.2, -0.15) is 26.3 Å². The van der Waals surface area contributed by atoms with E-state index in [4.69, 9.17) is 0 Å². The first-order valence-electron chi connectivity index (χ1n) is 5.42. The smallest absolute Gasteiger partial charge is 0.308 e. The van der Waals surface area contributed by atoms with Crippen LogP contribution in [-0.2, 0) is 7.05 Å². The summed E-state index contributed by atoms with van der Waals surface area (Å²) in [6.45, 7) is 1.33. The van der Waals surface area contributed by atoms with Crippen LogP contribution in [0.1, 0.15) is 18.7 Å². The molecular weight excluding hydrogens is 358 g/mol. The first kappa shape index (κ1) is 17.2. The van der Waals surface area contributed by atoms with Gasteiger partial charge in [0.1, 0.15) is 0 Å². The Balaban J connectivity index is 3.37. The molecule has 0 aliphatic carbocycles. The minimum absolute atomic E-state index is 0.0784. The third-order valence-electron chi connectivity index (χ3n) is 2.58. The maximum atomic E-state index is 12.8. The summed E-state index contributed by atoms with van der Waals surface area (Å²) in [6.07, 6.45) is -10.9. The summed E-state index contributed by atoms with van der Waals surface area (Å²) in [5.41, 5.74) is -0.313. The third-order valence-corrected chi connectivity index (χ3v) is 3.15. The first-order chi connectivity index (χ1) is 9.00. The molecule has 0 aliphatic heterocycles. The van der Waals surface area contributed by atoms with Crippen LogP contribution < -0.4 is 5.32 Å². The molecule has 1 aromatic heterocycles. The Bertz CT molecular complexity index is 421. The van der Waals surface area contributed by atoms with Crippen molar-refractivity contribution < 1.29 is 26.3 Å². The van der Waals surface area contributed by atoms with Gasteiger partial charge in [0.2, 0.25) is 0 Å². The van der Waals surface area contributed by atoms with Crippen molar-refractivity contribution in [1.82, 2.24) is 20.3 Å². The van der Waals surface area contributed by atoms with Crippen LogP contribution in [0.3, 0.4) is 0 Å². The van der Waals surface area contributed by atoms with Gasteiger partial charge in [-0.3, -0.25) is 0 Å². The normalized spacial score (nSPS) is 14.9. The zero-order valence-corrected chi connectivity index (χ0v) is 11.9. The minimum Gasteiger partial charge on any atom is -0.308 e.